The molecule has 6 rings (SSSR count). The molecule has 1 fully saturated rings. The molecule has 0 saturated carbocycles. The smallest absolute Gasteiger partial charge is 0.251 e. The highest BCUT2D eigenvalue weighted by Gasteiger charge is 2.50. The first-order valence-corrected chi connectivity index (χ1v) is 12.8. The van der Waals surface area contributed by atoms with Crippen LogP contribution in [0.3, 0.4) is 0 Å². The Morgan fingerprint density at radius 3 is 2.62 bits per heavy atom. The Morgan fingerprint density at radius 2 is 1.92 bits per heavy atom. The third-order valence-corrected chi connectivity index (χ3v) is 8.26. The monoisotopic (exact) mass is 522 g/mol. The maximum absolute atomic E-state index is 16.2. The molecule has 3 aromatic rings. The van der Waals surface area contributed by atoms with Crippen LogP contribution in [0.2, 0.25) is 5.02 Å². The van der Waals surface area contributed by atoms with Crippen molar-refractivity contribution in [2.24, 2.45) is 0 Å². The minimum Gasteiger partial charge on any atom is -0.480 e. The molecule has 3 aromatic carbocycles. The second-order valence-corrected chi connectivity index (χ2v) is 10.2. The zero-order valence-electron chi connectivity index (χ0n) is 20.2. The minimum atomic E-state index is -0.859. The Hall–Kier alpha value is -3.29. The lowest BCUT2D eigenvalue weighted by Crippen LogP contribution is -2.48. The molecule has 0 aromatic heterocycles. The van der Waals surface area contributed by atoms with Crippen LogP contribution >= 0.6 is 11.6 Å². The van der Waals surface area contributed by atoms with Gasteiger partial charge in [0.25, 0.3) is 5.91 Å². The van der Waals surface area contributed by atoms with Gasteiger partial charge in [0, 0.05) is 48.2 Å². The number of fused-ring (bicyclic) bond motifs is 2. The molecule has 0 spiro atoms. The highest BCUT2D eigenvalue weighted by Crippen LogP contribution is 2.52. The van der Waals surface area contributed by atoms with E-state index >= 15 is 8.78 Å². The van der Waals surface area contributed by atoms with E-state index in [4.69, 9.17) is 16.3 Å². The van der Waals surface area contributed by atoms with Crippen molar-refractivity contribution in [1.29, 1.82) is 0 Å². The molecule has 5 nitrogen and oxygen atoms in total. The maximum atomic E-state index is 16.2. The first-order valence-electron chi connectivity index (χ1n) is 12.5. The van der Waals surface area contributed by atoms with E-state index < -0.39 is 23.1 Å². The van der Waals surface area contributed by atoms with Crippen molar-refractivity contribution in [2.45, 2.75) is 43.7 Å². The zero-order valence-corrected chi connectivity index (χ0v) is 21.0. The van der Waals surface area contributed by atoms with E-state index in [1.54, 1.807) is 0 Å². The lowest BCUT2D eigenvalue weighted by Gasteiger charge is -2.35. The number of nitrogens with one attached hydrogen (secondary N) is 2. The van der Waals surface area contributed by atoms with Crippen LogP contribution in [-0.4, -0.2) is 31.3 Å². The topological polar surface area (TPSA) is 67.4 Å². The van der Waals surface area contributed by atoms with Gasteiger partial charge in [0.15, 0.2) is 11.4 Å². The first kappa shape index (κ1) is 24.1. The quantitative estimate of drug-likeness (QED) is 0.484. The van der Waals surface area contributed by atoms with Gasteiger partial charge in [0.05, 0.1) is 16.6 Å². The normalized spacial score (nSPS) is 22.1. The van der Waals surface area contributed by atoms with E-state index in [1.807, 2.05) is 30.3 Å². The number of halogens is 3. The number of hydrogen-bond acceptors (Lipinski definition) is 4. The number of ether oxygens (including phenoxy) is 1. The van der Waals surface area contributed by atoms with Crippen LogP contribution in [0.15, 0.2) is 42.5 Å². The summed E-state index contributed by atoms with van der Waals surface area (Å²) in [5, 5.41) is 5.76. The van der Waals surface area contributed by atoms with Gasteiger partial charge in [-0.15, -0.1) is 0 Å². The Morgan fingerprint density at radius 1 is 1.14 bits per heavy atom. The van der Waals surface area contributed by atoms with Gasteiger partial charge in [0.1, 0.15) is 17.4 Å². The molecule has 3 aliphatic rings. The van der Waals surface area contributed by atoms with Crippen LogP contribution in [0.5, 0.6) is 5.75 Å². The highest BCUT2D eigenvalue weighted by atomic mass is 35.5. The molecule has 8 heteroatoms. The van der Waals surface area contributed by atoms with Crippen molar-refractivity contribution in [3.63, 3.8) is 0 Å². The van der Waals surface area contributed by atoms with E-state index in [0.29, 0.717) is 12.0 Å². The first-order chi connectivity index (χ1) is 17.9. The van der Waals surface area contributed by atoms with Crippen LogP contribution in [0.1, 0.15) is 56.7 Å². The Balaban J connectivity index is 1.61. The molecule has 190 valence electrons. The molecule has 2 aliphatic heterocycles. The number of ketones is 1. The minimum absolute atomic E-state index is 0.0556. The van der Waals surface area contributed by atoms with Gasteiger partial charge in [-0.3, -0.25) is 9.59 Å². The Labute approximate surface area is 218 Å². The second-order valence-electron chi connectivity index (χ2n) is 9.85. The fourth-order valence-corrected chi connectivity index (χ4v) is 6.40. The molecule has 1 aliphatic carbocycles. The number of hydrogen-bond donors (Lipinski definition) is 2. The summed E-state index contributed by atoms with van der Waals surface area (Å²) in [5.74, 6) is -2.02. The lowest BCUT2D eigenvalue weighted by molar-refractivity contribution is 0.0539. The summed E-state index contributed by atoms with van der Waals surface area (Å²) < 4.78 is 38.2. The summed E-state index contributed by atoms with van der Waals surface area (Å²) in [6, 6.07) is 12.3. The fraction of sp³-hybridized carbons (Fsp3) is 0.310. The van der Waals surface area contributed by atoms with Crippen LogP contribution < -0.4 is 15.4 Å². The van der Waals surface area contributed by atoms with Crippen molar-refractivity contribution in [3.8, 4) is 16.9 Å². The van der Waals surface area contributed by atoms with Gasteiger partial charge < -0.3 is 15.4 Å². The number of Topliss-reactive ketones (excluding diaryl/α,β-unsaturated/α-hetero) is 1. The van der Waals surface area contributed by atoms with Crippen molar-refractivity contribution >= 4 is 23.3 Å². The van der Waals surface area contributed by atoms with Crippen LogP contribution in [-0.2, 0) is 18.4 Å². The number of amides is 1. The summed E-state index contributed by atoms with van der Waals surface area (Å²) in [6.45, 7) is 0.829. The predicted octanol–water partition coefficient (Wildman–Crippen LogP) is 5.36. The Kier molecular flexibility index (Phi) is 5.81. The standard InChI is InChI=1S/C29H25ClF2N2O3/c1-33-28(36)18-12-17-16(9-10-21(17)35)27(32)25(18)24-19-14-29(23-8-5-11-34-23,15-6-3-2-4-7-15)37-22(19)13-20(31)26(24)30/h2-4,6-7,12-13,23,34H,5,8-11,14H2,1H3,(H,33,36)/t23-,29-/m0/s1. The molecule has 0 unspecified atom stereocenters. The van der Waals surface area contributed by atoms with Crippen LogP contribution in [0, 0.1) is 11.6 Å². The molecule has 1 amide bonds. The molecule has 37 heavy (non-hydrogen) atoms. The largest absolute Gasteiger partial charge is 0.480 e. The second kappa shape index (κ2) is 8.92. The van der Waals surface area contributed by atoms with E-state index in [9.17, 15) is 9.59 Å². The predicted molar refractivity (Wildman–Crippen MR) is 136 cm³/mol. The van der Waals surface area contributed by atoms with E-state index in [-0.39, 0.29) is 63.3 Å². The summed E-state index contributed by atoms with van der Waals surface area (Å²) in [7, 11) is 1.42. The van der Waals surface area contributed by atoms with Crippen molar-refractivity contribution in [3.05, 3.63) is 86.9 Å². The van der Waals surface area contributed by atoms with Gasteiger partial charge in [-0.25, -0.2) is 8.78 Å². The molecule has 1 saturated heterocycles. The average molecular weight is 523 g/mol. The average Bonchev–Trinajstić information content (AvgIpc) is 3.65. The number of benzene rings is 3. The van der Waals surface area contributed by atoms with Gasteiger partial charge in [0.2, 0.25) is 0 Å². The van der Waals surface area contributed by atoms with Gasteiger partial charge in [-0.2, -0.15) is 0 Å². The SMILES string of the molecule is CNC(=O)c1cc2c(c(F)c1-c1c(Cl)c(F)cc3c1C[C@](c1ccccc1)([C@@H]1CCCN1)O3)CCC2=O. The van der Waals surface area contributed by atoms with Crippen molar-refractivity contribution < 1.29 is 23.1 Å². The zero-order chi connectivity index (χ0) is 25.9. The molecule has 2 N–H and O–H groups in total. The van der Waals surface area contributed by atoms with E-state index in [1.165, 1.54) is 19.2 Å². The summed E-state index contributed by atoms with van der Waals surface area (Å²) >= 11 is 6.57. The summed E-state index contributed by atoms with van der Waals surface area (Å²) in [5.41, 5.74) is 0.965. The van der Waals surface area contributed by atoms with Crippen LogP contribution in [0.25, 0.3) is 11.1 Å². The molecule has 0 bridgehead atoms. The number of carbonyl (C=O) groups is 2. The number of rotatable bonds is 4. The van der Waals surface area contributed by atoms with Gasteiger partial charge in [-0.05, 0) is 43.0 Å². The molecule has 2 heterocycles. The third kappa shape index (κ3) is 3.59. The third-order valence-electron chi connectivity index (χ3n) is 7.90. The van der Waals surface area contributed by atoms with E-state index in [2.05, 4.69) is 10.6 Å². The molecular formula is C29H25ClF2N2O3. The molecule has 2 atom stereocenters. The highest BCUT2D eigenvalue weighted by molar-refractivity contribution is 6.34. The maximum Gasteiger partial charge on any atom is 0.251 e. The van der Waals surface area contributed by atoms with E-state index in [0.717, 1.165) is 24.9 Å². The Bertz CT molecular complexity index is 1450. The van der Waals surface area contributed by atoms with Crippen molar-refractivity contribution in [1.82, 2.24) is 10.6 Å². The number of carbonyl (C=O) groups excluding carboxylic acids is 2. The fourth-order valence-electron chi connectivity index (χ4n) is 6.14. The van der Waals surface area contributed by atoms with Crippen molar-refractivity contribution in [2.75, 3.05) is 13.6 Å². The van der Waals surface area contributed by atoms with Gasteiger partial charge >= 0.3 is 0 Å². The molecule has 0 radical (unpaired) electrons. The van der Waals surface area contributed by atoms with Gasteiger partial charge in [-0.1, -0.05) is 41.9 Å². The van der Waals surface area contributed by atoms with Crippen LogP contribution in [0.4, 0.5) is 8.78 Å². The summed E-state index contributed by atoms with van der Waals surface area (Å²) in [6.07, 6.45) is 2.50. The summed E-state index contributed by atoms with van der Waals surface area (Å²) in [4.78, 5) is 25.4. The molecular weight excluding hydrogens is 498 g/mol. The lowest BCUT2D eigenvalue weighted by atomic mass is 9.80.